The van der Waals surface area contributed by atoms with Gasteiger partial charge in [-0.1, -0.05) is 30.3 Å². The van der Waals surface area contributed by atoms with Gasteiger partial charge in [0.05, 0.1) is 18.2 Å². The number of furan rings is 1. The first kappa shape index (κ1) is 19.3. The fourth-order valence-corrected chi connectivity index (χ4v) is 3.33. The van der Waals surface area contributed by atoms with Crippen molar-refractivity contribution in [2.45, 2.75) is 0 Å². The van der Waals surface area contributed by atoms with Gasteiger partial charge in [0.25, 0.3) is 5.56 Å². The quantitative estimate of drug-likeness (QED) is 0.525. The van der Waals surface area contributed by atoms with Crippen molar-refractivity contribution in [2.24, 2.45) is 14.1 Å². The zero-order valence-electron chi connectivity index (χ0n) is 16.6. The summed E-state index contributed by atoms with van der Waals surface area (Å²) in [6.07, 6.45) is 0. The minimum atomic E-state index is -0.486. The van der Waals surface area contributed by atoms with Gasteiger partial charge in [0.1, 0.15) is 5.39 Å². The Labute approximate surface area is 170 Å². The van der Waals surface area contributed by atoms with Gasteiger partial charge in [0.15, 0.2) is 0 Å². The van der Waals surface area contributed by atoms with Gasteiger partial charge < -0.3 is 14.5 Å². The molecule has 0 amide bonds. The van der Waals surface area contributed by atoms with Crippen molar-refractivity contribution in [1.82, 2.24) is 9.13 Å². The molecule has 0 saturated heterocycles. The molecule has 2 heterocycles. The molecule has 8 nitrogen and oxygen atoms in total. The minimum Gasteiger partial charge on any atom is -0.465 e. The van der Waals surface area contributed by atoms with E-state index in [2.05, 4.69) is 5.32 Å². The van der Waals surface area contributed by atoms with Crippen LogP contribution in [0.3, 0.4) is 0 Å². The zero-order chi connectivity index (χ0) is 21.4. The smallest absolute Gasteiger partial charge is 0.337 e. The molecule has 0 radical (unpaired) electrons. The van der Waals surface area contributed by atoms with Crippen LogP contribution in [-0.2, 0) is 18.8 Å². The minimum absolute atomic E-state index is 0.161. The highest BCUT2D eigenvalue weighted by molar-refractivity contribution is 6.00. The molecule has 0 unspecified atom stereocenters. The van der Waals surface area contributed by atoms with Crippen LogP contribution in [0.4, 0.5) is 11.6 Å². The number of hydrogen-bond donors (Lipinski definition) is 1. The summed E-state index contributed by atoms with van der Waals surface area (Å²) in [7, 11) is 4.28. The Morgan fingerprint density at radius 2 is 1.63 bits per heavy atom. The molecule has 2 aromatic carbocycles. The van der Waals surface area contributed by atoms with E-state index in [4.69, 9.17) is 9.15 Å². The van der Waals surface area contributed by atoms with E-state index in [9.17, 15) is 14.4 Å². The third-order valence-corrected chi connectivity index (χ3v) is 4.91. The molecule has 152 valence electrons. The standard InChI is InChI=1S/C22H19N3O5/c1-24-19(26)17-16(13-9-11-14(12-10-13)21(27)29-3)18(23-15-7-5-4-6-8-15)30-20(17)25(2)22(24)28/h4-12,23H,1-3H3. The maximum Gasteiger partial charge on any atom is 0.337 e. The van der Waals surface area contributed by atoms with Crippen LogP contribution < -0.4 is 16.6 Å². The molecule has 0 aliphatic rings. The van der Waals surface area contributed by atoms with Crippen molar-refractivity contribution in [3.05, 3.63) is 81.0 Å². The fourth-order valence-electron chi connectivity index (χ4n) is 3.33. The Bertz CT molecular complexity index is 1360. The number of nitrogens with one attached hydrogen (secondary N) is 1. The molecule has 0 bridgehead atoms. The van der Waals surface area contributed by atoms with E-state index in [1.165, 1.54) is 18.7 Å². The summed E-state index contributed by atoms with van der Waals surface area (Å²) in [6, 6.07) is 16.0. The van der Waals surface area contributed by atoms with E-state index >= 15 is 0 Å². The Morgan fingerprint density at radius 3 is 2.27 bits per heavy atom. The molecule has 30 heavy (non-hydrogen) atoms. The van der Waals surface area contributed by atoms with Gasteiger partial charge in [0, 0.05) is 19.8 Å². The molecular weight excluding hydrogens is 386 g/mol. The van der Waals surface area contributed by atoms with Gasteiger partial charge in [-0.3, -0.25) is 13.9 Å². The van der Waals surface area contributed by atoms with Crippen molar-refractivity contribution in [3.63, 3.8) is 0 Å². The number of carbonyl (C=O) groups excluding carboxylic acids is 1. The Hall–Kier alpha value is -4.07. The highest BCUT2D eigenvalue weighted by Gasteiger charge is 2.23. The van der Waals surface area contributed by atoms with Crippen LogP contribution in [0, 0.1) is 0 Å². The van der Waals surface area contributed by atoms with Crippen LogP contribution in [0.2, 0.25) is 0 Å². The van der Waals surface area contributed by atoms with Gasteiger partial charge in [0.2, 0.25) is 11.6 Å². The monoisotopic (exact) mass is 405 g/mol. The number of nitrogens with zero attached hydrogens (tertiary/aromatic N) is 2. The summed E-state index contributed by atoms with van der Waals surface area (Å²) in [5.74, 6) is -0.139. The van der Waals surface area contributed by atoms with E-state index in [0.29, 0.717) is 22.6 Å². The lowest BCUT2D eigenvalue weighted by molar-refractivity contribution is 0.0601. The molecule has 0 aliphatic carbocycles. The number of anilines is 2. The van der Waals surface area contributed by atoms with E-state index in [1.807, 2.05) is 30.3 Å². The lowest BCUT2D eigenvalue weighted by Gasteiger charge is -2.07. The maximum atomic E-state index is 13.0. The largest absolute Gasteiger partial charge is 0.465 e. The molecule has 4 rings (SSSR count). The number of aryl methyl sites for hydroxylation is 1. The molecule has 4 aromatic rings. The topological polar surface area (TPSA) is 95.5 Å². The summed E-state index contributed by atoms with van der Waals surface area (Å²) in [6.45, 7) is 0. The molecule has 2 aromatic heterocycles. The second kappa shape index (κ2) is 7.40. The van der Waals surface area contributed by atoms with Crippen molar-refractivity contribution < 1.29 is 13.9 Å². The van der Waals surface area contributed by atoms with Crippen LogP contribution in [-0.4, -0.2) is 22.2 Å². The van der Waals surface area contributed by atoms with Gasteiger partial charge >= 0.3 is 11.7 Å². The summed E-state index contributed by atoms with van der Waals surface area (Å²) in [5.41, 5.74) is 1.49. The average molecular weight is 405 g/mol. The van der Waals surface area contributed by atoms with Crippen LogP contribution in [0.15, 0.2) is 68.6 Å². The number of ether oxygens (including phenoxy) is 1. The van der Waals surface area contributed by atoms with Crippen LogP contribution >= 0.6 is 0 Å². The first-order valence-electron chi connectivity index (χ1n) is 9.15. The third-order valence-electron chi connectivity index (χ3n) is 4.91. The maximum absolute atomic E-state index is 13.0. The van der Waals surface area contributed by atoms with Gasteiger partial charge in [-0.25, -0.2) is 9.59 Å². The second-order valence-electron chi connectivity index (χ2n) is 6.75. The van der Waals surface area contributed by atoms with Gasteiger partial charge in [-0.2, -0.15) is 0 Å². The van der Waals surface area contributed by atoms with E-state index in [-0.39, 0.29) is 11.1 Å². The predicted molar refractivity (Wildman–Crippen MR) is 113 cm³/mol. The molecule has 0 spiro atoms. The second-order valence-corrected chi connectivity index (χ2v) is 6.75. The van der Waals surface area contributed by atoms with Gasteiger partial charge in [-0.15, -0.1) is 0 Å². The van der Waals surface area contributed by atoms with Crippen LogP contribution in [0.5, 0.6) is 0 Å². The number of rotatable bonds is 4. The van der Waals surface area contributed by atoms with Crippen molar-refractivity contribution in [3.8, 4) is 11.1 Å². The number of hydrogen-bond acceptors (Lipinski definition) is 6. The fraction of sp³-hybridized carbons (Fsp3) is 0.136. The van der Waals surface area contributed by atoms with Crippen molar-refractivity contribution in [1.29, 1.82) is 0 Å². The Morgan fingerprint density at radius 1 is 0.967 bits per heavy atom. The number of benzene rings is 2. The summed E-state index contributed by atoms with van der Waals surface area (Å²) >= 11 is 0. The van der Waals surface area contributed by atoms with Crippen LogP contribution in [0.25, 0.3) is 22.2 Å². The number of fused-ring (bicyclic) bond motifs is 1. The molecule has 0 atom stereocenters. The summed E-state index contributed by atoms with van der Waals surface area (Å²) in [4.78, 5) is 37.1. The molecule has 1 N–H and O–H groups in total. The molecule has 0 fully saturated rings. The normalized spacial score (nSPS) is 10.9. The molecular formula is C22H19N3O5. The average Bonchev–Trinajstić information content (AvgIpc) is 3.15. The number of para-hydroxylation sites is 1. The number of aromatic nitrogens is 2. The number of methoxy groups -OCH3 is 1. The van der Waals surface area contributed by atoms with Gasteiger partial charge in [-0.05, 0) is 29.8 Å². The lowest BCUT2D eigenvalue weighted by Crippen LogP contribution is -2.36. The summed E-state index contributed by atoms with van der Waals surface area (Å²) < 4.78 is 13.0. The lowest BCUT2D eigenvalue weighted by atomic mass is 10.0. The third kappa shape index (κ3) is 3.08. The van der Waals surface area contributed by atoms with E-state index in [1.54, 1.807) is 31.3 Å². The zero-order valence-corrected chi connectivity index (χ0v) is 16.6. The van der Waals surface area contributed by atoms with Crippen molar-refractivity contribution in [2.75, 3.05) is 12.4 Å². The van der Waals surface area contributed by atoms with Crippen molar-refractivity contribution >= 4 is 28.6 Å². The first-order valence-corrected chi connectivity index (χ1v) is 9.15. The number of esters is 1. The Kier molecular flexibility index (Phi) is 4.75. The predicted octanol–water partition coefficient (Wildman–Crippen LogP) is 3.03. The van der Waals surface area contributed by atoms with Crippen LogP contribution in [0.1, 0.15) is 10.4 Å². The Balaban J connectivity index is 2.00. The summed E-state index contributed by atoms with van der Waals surface area (Å²) in [5, 5.41) is 3.45. The van der Waals surface area contributed by atoms with E-state index < -0.39 is 17.2 Å². The highest BCUT2D eigenvalue weighted by Crippen LogP contribution is 2.38. The highest BCUT2D eigenvalue weighted by atomic mass is 16.5. The molecule has 8 heteroatoms. The number of carbonyl (C=O) groups is 1. The molecule has 0 aliphatic heterocycles. The van der Waals surface area contributed by atoms with E-state index in [0.717, 1.165) is 10.3 Å². The SMILES string of the molecule is COC(=O)c1ccc(-c2c(Nc3ccccc3)oc3c2c(=O)n(C)c(=O)n3C)cc1. The first-order chi connectivity index (χ1) is 14.4. The molecule has 0 saturated carbocycles.